The minimum absolute atomic E-state index is 0. The van der Waals surface area contributed by atoms with E-state index in [4.69, 9.17) is 9.73 Å². The molecule has 20 heavy (non-hydrogen) atoms. The fourth-order valence-electron chi connectivity index (χ4n) is 2.51. The molecule has 0 radical (unpaired) electrons. The van der Waals surface area contributed by atoms with Crippen LogP contribution in [0.5, 0.6) is 0 Å². The maximum atomic E-state index is 11.6. The summed E-state index contributed by atoms with van der Waals surface area (Å²) in [4.78, 5) is 18.6. The molecule has 0 aromatic carbocycles. The first-order valence-corrected chi connectivity index (χ1v) is 7.78. The lowest BCUT2D eigenvalue weighted by atomic mass is 10.3. The standard InChI is InChI=1S/C14H22N2O2S.BrH/c1-4-18-13(17)9-12-10(2)19-14(16(12)3)15-11-7-5-6-8-11;/h11H,4-9H2,1-3H3;1H. The Morgan fingerprint density at radius 2 is 2.10 bits per heavy atom. The van der Waals surface area contributed by atoms with Crippen molar-refractivity contribution in [2.45, 2.75) is 52.0 Å². The molecule has 0 N–H and O–H groups in total. The number of carbonyl (C=O) groups is 1. The van der Waals surface area contributed by atoms with Gasteiger partial charge < -0.3 is 9.30 Å². The third-order valence-electron chi connectivity index (χ3n) is 3.58. The summed E-state index contributed by atoms with van der Waals surface area (Å²) in [6.45, 7) is 4.32. The molecule has 0 bridgehead atoms. The molecule has 1 aromatic rings. The van der Waals surface area contributed by atoms with Crippen molar-refractivity contribution in [2.24, 2.45) is 12.0 Å². The number of rotatable bonds is 4. The molecule has 0 unspecified atom stereocenters. The van der Waals surface area contributed by atoms with Gasteiger partial charge in [-0.3, -0.25) is 9.79 Å². The van der Waals surface area contributed by atoms with Gasteiger partial charge in [0, 0.05) is 17.6 Å². The first-order valence-electron chi connectivity index (χ1n) is 6.96. The van der Waals surface area contributed by atoms with Crippen LogP contribution in [0.3, 0.4) is 0 Å². The second-order valence-corrected chi connectivity index (χ2v) is 6.18. The van der Waals surface area contributed by atoms with E-state index in [0.29, 0.717) is 19.1 Å². The van der Waals surface area contributed by atoms with Crippen LogP contribution in [0.1, 0.15) is 43.2 Å². The molecule has 1 aromatic heterocycles. The highest BCUT2D eigenvalue weighted by Crippen LogP contribution is 2.21. The number of esters is 1. The fraction of sp³-hybridized carbons (Fsp3) is 0.714. The Morgan fingerprint density at radius 1 is 1.45 bits per heavy atom. The van der Waals surface area contributed by atoms with Crippen molar-refractivity contribution in [3.63, 3.8) is 0 Å². The van der Waals surface area contributed by atoms with Crippen LogP contribution in [0, 0.1) is 6.92 Å². The monoisotopic (exact) mass is 362 g/mol. The molecule has 0 amide bonds. The van der Waals surface area contributed by atoms with E-state index >= 15 is 0 Å². The van der Waals surface area contributed by atoms with Crippen molar-refractivity contribution in [3.8, 4) is 0 Å². The summed E-state index contributed by atoms with van der Waals surface area (Å²) in [5, 5.41) is 0. The van der Waals surface area contributed by atoms with Gasteiger partial charge in [0.1, 0.15) is 0 Å². The number of thiazole rings is 1. The first-order chi connectivity index (χ1) is 9.11. The van der Waals surface area contributed by atoms with E-state index in [2.05, 4.69) is 4.57 Å². The minimum atomic E-state index is -0.161. The lowest BCUT2D eigenvalue weighted by Crippen LogP contribution is -2.19. The average Bonchev–Trinajstić information content (AvgIpc) is 2.95. The highest BCUT2D eigenvalue weighted by molar-refractivity contribution is 8.93. The Bertz CT molecular complexity index is 516. The summed E-state index contributed by atoms with van der Waals surface area (Å²) in [6, 6.07) is 0.472. The molecular weight excluding hydrogens is 340 g/mol. The van der Waals surface area contributed by atoms with Gasteiger partial charge in [0.05, 0.1) is 19.1 Å². The molecule has 114 valence electrons. The third kappa shape index (κ3) is 4.19. The molecule has 0 atom stereocenters. The van der Waals surface area contributed by atoms with Gasteiger partial charge in [-0.1, -0.05) is 12.8 Å². The smallest absolute Gasteiger partial charge is 0.311 e. The molecule has 4 nitrogen and oxygen atoms in total. The lowest BCUT2D eigenvalue weighted by Gasteiger charge is -2.05. The van der Waals surface area contributed by atoms with Crippen molar-refractivity contribution in [2.75, 3.05) is 6.61 Å². The van der Waals surface area contributed by atoms with Crippen LogP contribution in [-0.4, -0.2) is 23.2 Å². The van der Waals surface area contributed by atoms with Gasteiger partial charge in [-0.25, -0.2) is 0 Å². The van der Waals surface area contributed by atoms with Crippen LogP contribution in [0.25, 0.3) is 0 Å². The molecule has 0 saturated heterocycles. The van der Waals surface area contributed by atoms with Crippen LogP contribution in [0.15, 0.2) is 4.99 Å². The van der Waals surface area contributed by atoms with E-state index in [-0.39, 0.29) is 23.0 Å². The Morgan fingerprint density at radius 3 is 2.70 bits per heavy atom. The van der Waals surface area contributed by atoms with Crippen LogP contribution < -0.4 is 4.80 Å². The predicted octanol–water partition coefficient (Wildman–Crippen LogP) is 2.92. The molecule has 1 aliphatic rings. The van der Waals surface area contributed by atoms with Crippen molar-refractivity contribution in [1.82, 2.24) is 4.57 Å². The number of aryl methyl sites for hydroxylation is 1. The molecule has 1 aliphatic carbocycles. The van der Waals surface area contributed by atoms with E-state index in [1.807, 2.05) is 20.9 Å². The topological polar surface area (TPSA) is 43.6 Å². The largest absolute Gasteiger partial charge is 0.466 e. The van der Waals surface area contributed by atoms with Crippen molar-refractivity contribution in [3.05, 3.63) is 15.4 Å². The molecule has 1 fully saturated rings. The zero-order valence-corrected chi connectivity index (χ0v) is 14.9. The fourth-order valence-corrected chi connectivity index (χ4v) is 3.56. The average molecular weight is 363 g/mol. The quantitative estimate of drug-likeness (QED) is 0.772. The maximum absolute atomic E-state index is 11.6. The Balaban J connectivity index is 0.00000200. The number of carbonyl (C=O) groups excluding carboxylic acids is 1. The van der Waals surface area contributed by atoms with E-state index < -0.39 is 0 Å². The van der Waals surface area contributed by atoms with Gasteiger partial charge >= 0.3 is 5.97 Å². The summed E-state index contributed by atoms with van der Waals surface area (Å²) >= 11 is 1.68. The van der Waals surface area contributed by atoms with Crippen LogP contribution in [-0.2, 0) is 23.0 Å². The predicted molar refractivity (Wildman–Crippen MR) is 86.5 cm³/mol. The summed E-state index contributed by atoms with van der Waals surface area (Å²) in [5.74, 6) is -0.161. The third-order valence-corrected chi connectivity index (χ3v) is 4.68. The zero-order chi connectivity index (χ0) is 13.8. The normalized spacial score (nSPS) is 16.2. The molecule has 1 saturated carbocycles. The Kier molecular flexibility index (Phi) is 6.95. The second-order valence-electron chi connectivity index (χ2n) is 5.00. The first kappa shape index (κ1) is 17.4. The minimum Gasteiger partial charge on any atom is -0.466 e. The highest BCUT2D eigenvalue weighted by atomic mass is 79.9. The second kappa shape index (κ2) is 7.98. The number of ether oxygens (including phenoxy) is 1. The van der Waals surface area contributed by atoms with Gasteiger partial charge in [-0.05, 0) is 26.7 Å². The molecule has 6 heteroatoms. The van der Waals surface area contributed by atoms with Gasteiger partial charge in [0.25, 0.3) is 0 Å². The Labute approximate surface area is 134 Å². The number of hydrogen-bond donors (Lipinski definition) is 0. The van der Waals surface area contributed by atoms with E-state index in [1.54, 1.807) is 11.3 Å². The molecule has 2 rings (SSSR count). The van der Waals surface area contributed by atoms with Gasteiger partial charge in [-0.2, -0.15) is 0 Å². The maximum Gasteiger partial charge on any atom is 0.311 e. The van der Waals surface area contributed by atoms with Crippen LogP contribution in [0.4, 0.5) is 0 Å². The Hall–Kier alpha value is -0.620. The summed E-state index contributed by atoms with van der Waals surface area (Å²) in [5.41, 5.74) is 1.03. The van der Waals surface area contributed by atoms with Crippen molar-refractivity contribution in [1.29, 1.82) is 0 Å². The summed E-state index contributed by atoms with van der Waals surface area (Å²) < 4.78 is 7.07. The van der Waals surface area contributed by atoms with Crippen LogP contribution in [0.2, 0.25) is 0 Å². The van der Waals surface area contributed by atoms with Crippen LogP contribution >= 0.6 is 28.3 Å². The molecule has 0 aliphatic heterocycles. The van der Waals surface area contributed by atoms with E-state index in [0.717, 1.165) is 15.4 Å². The molecular formula is C14H23BrN2O2S. The number of halogens is 1. The number of nitrogens with zero attached hydrogens (tertiary/aromatic N) is 2. The van der Waals surface area contributed by atoms with E-state index in [1.165, 1.54) is 25.7 Å². The summed E-state index contributed by atoms with van der Waals surface area (Å²) in [7, 11) is 1.99. The molecule has 0 spiro atoms. The number of hydrogen-bond acceptors (Lipinski definition) is 4. The van der Waals surface area contributed by atoms with Gasteiger partial charge in [0.15, 0.2) is 4.80 Å². The molecule has 1 heterocycles. The zero-order valence-electron chi connectivity index (χ0n) is 12.3. The SMILES string of the molecule is Br.CCOC(=O)Cc1c(C)sc(=NC2CCCC2)n1C. The highest BCUT2D eigenvalue weighted by Gasteiger charge is 2.16. The summed E-state index contributed by atoms with van der Waals surface area (Å²) in [6.07, 6.45) is 5.32. The van der Waals surface area contributed by atoms with Crippen molar-refractivity contribution >= 4 is 34.3 Å². The lowest BCUT2D eigenvalue weighted by molar-refractivity contribution is -0.142. The van der Waals surface area contributed by atoms with Gasteiger partial charge in [0.2, 0.25) is 0 Å². The van der Waals surface area contributed by atoms with E-state index in [9.17, 15) is 4.79 Å². The number of aromatic nitrogens is 1. The van der Waals surface area contributed by atoms with Crippen molar-refractivity contribution < 1.29 is 9.53 Å². The van der Waals surface area contributed by atoms with Gasteiger partial charge in [-0.15, -0.1) is 28.3 Å².